The molecule has 17 heavy (non-hydrogen) atoms. The largest absolute Gasteiger partial charge is 0.312 e. The van der Waals surface area contributed by atoms with Crippen molar-refractivity contribution in [3.05, 3.63) is 0 Å². The SMILES string of the molecule is CCC1CCC2(C(C)NC(C)C)CCCC1C2. The van der Waals surface area contributed by atoms with E-state index < -0.39 is 0 Å². The van der Waals surface area contributed by atoms with Gasteiger partial charge in [-0.3, -0.25) is 0 Å². The zero-order valence-electron chi connectivity index (χ0n) is 12.3. The molecule has 0 heterocycles. The molecule has 2 fully saturated rings. The van der Waals surface area contributed by atoms with Gasteiger partial charge in [0.2, 0.25) is 0 Å². The van der Waals surface area contributed by atoms with Gasteiger partial charge in [-0.05, 0) is 49.9 Å². The maximum absolute atomic E-state index is 3.79. The van der Waals surface area contributed by atoms with Gasteiger partial charge in [-0.1, -0.05) is 40.0 Å². The molecule has 1 N–H and O–H groups in total. The Bertz CT molecular complexity index is 248. The molecule has 0 aromatic heterocycles. The lowest BCUT2D eigenvalue weighted by atomic mass is 9.55. The molecular formula is C16H31N. The number of nitrogens with one attached hydrogen (secondary N) is 1. The third kappa shape index (κ3) is 2.70. The minimum atomic E-state index is 0.628. The van der Waals surface area contributed by atoms with Crippen molar-refractivity contribution in [1.82, 2.24) is 5.32 Å². The summed E-state index contributed by atoms with van der Waals surface area (Å²) in [4.78, 5) is 0. The second-order valence-electron chi connectivity index (χ2n) is 6.97. The summed E-state index contributed by atoms with van der Waals surface area (Å²) in [6, 6.07) is 1.34. The van der Waals surface area contributed by atoms with E-state index in [2.05, 4.69) is 33.0 Å². The van der Waals surface area contributed by atoms with Crippen molar-refractivity contribution in [3.8, 4) is 0 Å². The van der Waals surface area contributed by atoms with E-state index in [9.17, 15) is 0 Å². The third-order valence-corrected chi connectivity index (χ3v) is 5.62. The minimum absolute atomic E-state index is 0.628. The lowest BCUT2D eigenvalue weighted by molar-refractivity contribution is 0.00512. The van der Waals surface area contributed by atoms with Crippen LogP contribution < -0.4 is 5.32 Å². The molecule has 0 aliphatic heterocycles. The van der Waals surface area contributed by atoms with Gasteiger partial charge in [0.25, 0.3) is 0 Å². The van der Waals surface area contributed by atoms with Gasteiger partial charge in [0.1, 0.15) is 0 Å². The van der Waals surface area contributed by atoms with Gasteiger partial charge in [-0.2, -0.15) is 0 Å². The third-order valence-electron chi connectivity index (χ3n) is 5.62. The van der Waals surface area contributed by atoms with Crippen LogP contribution in [0.1, 0.15) is 72.6 Å². The molecule has 2 aliphatic carbocycles. The quantitative estimate of drug-likeness (QED) is 0.765. The van der Waals surface area contributed by atoms with Crippen LogP contribution in [-0.4, -0.2) is 12.1 Å². The first-order valence-corrected chi connectivity index (χ1v) is 7.83. The van der Waals surface area contributed by atoms with Crippen LogP contribution in [0.4, 0.5) is 0 Å². The summed E-state index contributed by atoms with van der Waals surface area (Å²) < 4.78 is 0. The molecule has 4 unspecified atom stereocenters. The van der Waals surface area contributed by atoms with Crippen molar-refractivity contribution < 1.29 is 0 Å². The Hall–Kier alpha value is -0.0400. The number of hydrogen-bond acceptors (Lipinski definition) is 1. The Kier molecular flexibility index (Phi) is 4.18. The van der Waals surface area contributed by atoms with E-state index in [0.29, 0.717) is 17.5 Å². The molecule has 1 nitrogen and oxygen atoms in total. The van der Waals surface area contributed by atoms with E-state index in [1.165, 1.54) is 44.9 Å². The molecule has 2 rings (SSSR count). The molecule has 0 saturated heterocycles. The standard InChI is InChI=1S/C16H31N/c1-5-14-8-10-16(13(4)17-12(2)3)9-6-7-15(14)11-16/h12-15,17H,5-11H2,1-4H3. The van der Waals surface area contributed by atoms with Crippen molar-refractivity contribution >= 4 is 0 Å². The zero-order valence-corrected chi connectivity index (χ0v) is 12.3. The van der Waals surface area contributed by atoms with Crippen molar-refractivity contribution in [1.29, 1.82) is 0 Å². The van der Waals surface area contributed by atoms with Gasteiger partial charge >= 0.3 is 0 Å². The van der Waals surface area contributed by atoms with Crippen molar-refractivity contribution in [2.45, 2.75) is 84.7 Å². The van der Waals surface area contributed by atoms with Crippen LogP contribution in [-0.2, 0) is 0 Å². The highest BCUT2D eigenvalue weighted by molar-refractivity contribution is 4.98. The second kappa shape index (κ2) is 5.30. The number of hydrogen-bond donors (Lipinski definition) is 1. The Labute approximate surface area is 108 Å². The minimum Gasteiger partial charge on any atom is -0.312 e. The highest BCUT2D eigenvalue weighted by Crippen LogP contribution is 2.53. The first-order chi connectivity index (χ1) is 8.07. The summed E-state index contributed by atoms with van der Waals surface area (Å²) in [5, 5.41) is 3.79. The molecule has 0 aromatic carbocycles. The highest BCUT2D eigenvalue weighted by atomic mass is 15.0. The van der Waals surface area contributed by atoms with Crippen LogP contribution in [0, 0.1) is 17.3 Å². The van der Waals surface area contributed by atoms with E-state index >= 15 is 0 Å². The van der Waals surface area contributed by atoms with Gasteiger partial charge in [-0.25, -0.2) is 0 Å². The molecular weight excluding hydrogens is 206 g/mol. The summed E-state index contributed by atoms with van der Waals surface area (Å²) in [7, 11) is 0. The fourth-order valence-electron chi connectivity index (χ4n) is 4.60. The summed E-state index contributed by atoms with van der Waals surface area (Å²) in [5.74, 6) is 2.08. The summed E-state index contributed by atoms with van der Waals surface area (Å²) in [5.41, 5.74) is 0.638. The molecule has 1 heteroatoms. The lowest BCUT2D eigenvalue weighted by Gasteiger charge is -2.52. The van der Waals surface area contributed by atoms with Crippen molar-refractivity contribution in [3.63, 3.8) is 0 Å². The van der Waals surface area contributed by atoms with Gasteiger partial charge in [0, 0.05) is 12.1 Å². The zero-order chi connectivity index (χ0) is 12.5. The predicted molar refractivity (Wildman–Crippen MR) is 75.1 cm³/mol. The molecule has 0 aromatic rings. The van der Waals surface area contributed by atoms with Crippen molar-refractivity contribution in [2.24, 2.45) is 17.3 Å². The Morgan fingerprint density at radius 1 is 1.18 bits per heavy atom. The van der Waals surface area contributed by atoms with Crippen LogP contribution >= 0.6 is 0 Å². The predicted octanol–water partition coefficient (Wildman–Crippen LogP) is 4.37. The average molecular weight is 237 g/mol. The fraction of sp³-hybridized carbons (Fsp3) is 1.00. The van der Waals surface area contributed by atoms with Gasteiger partial charge in [0.15, 0.2) is 0 Å². The smallest absolute Gasteiger partial charge is 0.00976 e. The maximum atomic E-state index is 3.79. The number of rotatable bonds is 4. The second-order valence-corrected chi connectivity index (χ2v) is 6.97. The molecule has 0 spiro atoms. The molecule has 100 valence electrons. The van der Waals surface area contributed by atoms with Gasteiger partial charge in [0.05, 0.1) is 0 Å². The Balaban J connectivity index is 2.05. The highest BCUT2D eigenvalue weighted by Gasteiger charge is 2.45. The van der Waals surface area contributed by atoms with Crippen LogP contribution in [0.3, 0.4) is 0 Å². The van der Waals surface area contributed by atoms with Crippen LogP contribution in [0.5, 0.6) is 0 Å². The van der Waals surface area contributed by atoms with Crippen LogP contribution in [0.15, 0.2) is 0 Å². The van der Waals surface area contributed by atoms with Crippen LogP contribution in [0.2, 0.25) is 0 Å². The summed E-state index contributed by atoms with van der Waals surface area (Å²) in [6.45, 7) is 9.40. The normalized spacial score (nSPS) is 39.4. The molecule has 0 amide bonds. The van der Waals surface area contributed by atoms with Gasteiger partial charge in [-0.15, -0.1) is 0 Å². The Morgan fingerprint density at radius 2 is 1.94 bits per heavy atom. The molecule has 2 saturated carbocycles. The molecule has 2 aliphatic rings. The van der Waals surface area contributed by atoms with E-state index in [1.54, 1.807) is 0 Å². The van der Waals surface area contributed by atoms with E-state index in [1.807, 2.05) is 0 Å². The van der Waals surface area contributed by atoms with E-state index in [-0.39, 0.29) is 0 Å². The average Bonchev–Trinajstić information content (AvgIpc) is 2.29. The first-order valence-electron chi connectivity index (χ1n) is 7.83. The molecule has 0 radical (unpaired) electrons. The first kappa shape index (κ1) is 13.4. The molecule has 2 bridgehead atoms. The van der Waals surface area contributed by atoms with E-state index in [0.717, 1.165) is 11.8 Å². The number of fused-ring (bicyclic) bond motifs is 2. The fourth-order valence-corrected chi connectivity index (χ4v) is 4.60. The van der Waals surface area contributed by atoms with Crippen molar-refractivity contribution in [2.75, 3.05) is 0 Å². The van der Waals surface area contributed by atoms with Gasteiger partial charge < -0.3 is 5.32 Å². The van der Waals surface area contributed by atoms with E-state index in [4.69, 9.17) is 0 Å². The molecule has 4 atom stereocenters. The topological polar surface area (TPSA) is 12.0 Å². The van der Waals surface area contributed by atoms with Crippen LogP contribution in [0.25, 0.3) is 0 Å². The summed E-state index contributed by atoms with van der Waals surface area (Å²) >= 11 is 0. The lowest BCUT2D eigenvalue weighted by Crippen LogP contribution is -2.51. The monoisotopic (exact) mass is 237 g/mol. The Morgan fingerprint density at radius 3 is 2.59 bits per heavy atom. The maximum Gasteiger partial charge on any atom is 0.00976 e. The summed E-state index contributed by atoms with van der Waals surface area (Å²) in [6.07, 6.45) is 10.3.